The maximum absolute atomic E-state index is 13.9. The lowest BCUT2D eigenvalue weighted by molar-refractivity contribution is -0.193. The van der Waals surface area contributed by atoms with Gasteiger partial charge in [-0.15, -0.1) is 0 Å². The molecule has 0 saturated carbocycles. The van der Waals surface area contributed by atoms with Gasteiger partial charge in [0.05, 0.1) is 17.8 Å². The molecule has 1 aromatic heterocycles. The molecular formula is C28H29F7N4O7. The molecular weight excluding hydrogens is 637 g/mol. The highest BCUT2D eigenvalue weighted by Gasteiger charge is 2.39. The summed E-state index contributed by atoms with van der Waals surface area (Å²) in [5, 5.41) is 24.3. The van der Waals surface area contributed by atoms with Gasteiger partial charge >= 0.3 is 24.3 Å². The SMILES string of the molecule is Cc1[nH]ncc1-c1ccc(NC(=O)C2COc3c(F)cccc3C2)c(OCCN(C)C)c1.O=C(O)C(F)(F)F.O=C(O)C(F)(F)F. The Hall–Kier alpha value is -4.87. The molecule has 1 unspecified atom stereocenters. The highest BCUT2D eigenvalue weighted by atomic mass is 19.4. The zero-order chi connectivity index (χ0) is 34.8. The minimum Gasteiger partial charge on any atom is -0.490 e. The van der Waals surface area contributed by atoms with E-state index in [-0.39, 0.29) is 18.3 Å². The standard InChI is InChI=1S/C24H27FN4O3.2C2HF3O2/c1-15-19(13-26-28-15)16-7-8-21(22(12-16)31-10-9-29(2)3)27-24(30)18-11-17-5-4-6-20(25)23(17)32-14-18;2*3-2(4,5)1(6)7/h4-8,12-13,18H,9-11,14H2,1-3H3,(H,26,28)(H,27,30);2*(H,6,7). The van der Waals surface area contributed by atoms with Crippen molar-refractivity contribution in [2.24, 2.45) is 5.92 Å². The van der Waals surface area contributed by atoms with E-state index in [0.29, 0.717) is 30.0 Å². The van der Waals surface area contributed by atoms with Crippen LogP contribution in [0.4, 0.5) is 36.4 Å². The molecule has 0 saturated heterocycles. The third-order valence-corrected chi connectivity index (χ3v) is 5.98. The molecule has 4 rings (SSSR count). The van der Waals surface area contributed by atoms with Crippen molar-refractivity contribution >= 4 is 23.5 Å². The Kier molecular flexibility index (Phi) is 12.9. The number of carbonyl (C=O) groups excluding carboxylic acids is 1. The molecule has 252 valence electrons. The monoisotopic (exact) mass is 666 g/mol. The molecule has 0 fully saturated rings. The van der Waals surface area contributed by atoms with Crippen molar-refractivity contribution in [2.45, 2.75) is 25.7 Å². The van der Waals surface area contributed by atoms with E-state index in [2.05, 4.69) is 15.5 Å². The van der Waals surface area contributed by atoms with Gasteiger partial charge in [0.2, 0.25) is 5.91 Å². The summed E-state index contributed by atoms with van der Waals surface area (Å²) in [5.41, 5.74) is 4.15. The van der Waals surface area contributed by atoms with Crippen LogP contribution in [-0.2, 0) is 20.8 Å². The number of carboxylic acid groups (broad SMARTS) is 2. The van der Waals surface area contributed by atoms with Gasteiger partial charge in [-0.25, -0.2) is 14.0 Å². The van der Waals surface area contributed by atoms with E-state index in [1.165, 1.54) is 6.07 Å². The largest absolute Gasteiger partial charge is 0.490 e. The highest BCUT2D eigenvalue weighted by Crippen LogP contribution is 2.34. The lowest BCUT2D eigenvalue weighted by Crippen LogP contribution is -2.33. The number of carboxylic acids is 2. The number of nitrogens with zero attached hydrogens (tertiary/aromatic N) is 2. The van der Waals surface area contributed by atoms with Gasteiger partial charge in [-0.05, 0) is 56.8 Å². The normalized spacial score (nSPS) is 14.0. The minimum atomic E-state index is -5.08. The average Bonchev–Trinajstić information content (AvgIpc) is 3.39. The number of H-pyrrole nitrogens is 1. The number of ether oxygens (including phenoxy) is 2. The molecule has 1 aliphatic rings. The molecule has 0 spiro atoms. The third-order valence-electron chi connectivity index (χ3n) is 5.98. The molecule has 2 heterocycles. The van der Waals surface area contributed by atoms with Crippen molar-refractivity contribution in [3.05, 3.63) is 59.7 Å². The van der Waals surface area contributed by atoms with Crippen LogP contribution in [0.1, 0.15) is 11.3 Å². The molecule has 3 aromatic rings. The Bertz CT molecular complexity index is 1480. The molecule has 1 amide bonds. The summed E-state index contributed by atoms with van der Waals surface area (Å²) < 4.78 is 88.9. The second-order valence-corrected chi connectivity index (χ2v) is 9.81. The highest BCUT2D eigenvalue weighted by molar-refractivity contribution is 5.95. The fourth-order valence-corrected chi connectivity index (χ4v) is 3.68. The van der Waals surface area contributed by atoms with Crippen molar-refractivity contribution in [1.29, 1.82) is 0 Å². The van der Waals surface area contributed by atoms with Crippen LogP contribution in [0.3, 0.4) is 0 Å². The predicted molar refractivity (Wildman–Crippen MR) is 148 cm³/mol. The molecule has 18 heteroatoms. The third kappa shape index (κ3) is 11.2. The Balaban J connectivity index is 0.000000440. The number of para-hydroxylation sites is 1. The van der Waals surface area contributed by atoms with E-state index in [4.69, 9.17) is 29.3 Å². The lowest BCUT2D eigenvalue weighted by Gasteiger charge is -2.25. The Morgan fingerprint density at radius 1 is 1.07 bits per heavy atom. The number of carbonyl (C=O) groups is 3. The summed E-state index contributed by atoms with van der Waals surface area (Å²) in [6.45, 7) is 3.29. The van der Waals surface area contributed by atoms with Gasteiger partial charge in [0.25, 0.3) is 0 Å². The number of aromatic nitrogens is 2. The molecule has 0 bridgehead atoms. The summed E-state index contributed by atoms with van der Waals surface area (Å²) in [6, 6.07) is 10.4. The van der Waals surface area contributed by atoms with E-state index < -0.39 is 36.0 Å². The number of aromatic amines is 1. The number of alkyl halides is 6. The first kappa shape index (κ1) is 37.3. The Morgan fingerprint density at radius 3 is 2.20 bits per heavy atom. The minimum absolute atomic E-state index is 0.128. The molecule has 4 N–H and O–H groups in total. The van der Waals surface area contributed by atoms with E-state index in [9.17, 15) is 35.5 Å². The van der Waals surface area contributed by atoms with Gasteiger partial charge < -0.3 is 29.9 Å². The molecule has 0 radical (unpaired) electrons. The van der Waals surface area contributed by atoms with Gasteiger partial charge in [-0.3, -0.25) is 9.89 Å². The molecule has 46 heavy (non-hydrogen) atoms. The average molecular weight is 667 g/mol. The van der Waals surface area contributed by atoms with Crippen LogP contribution in [0, 0.1) is 18.7 Å². The number of aryl methyl sites for hydroxylation is 1. The fourth-order valence-electron chi connectivity index (χ4n) is 3.68. The number of hydrogen-bond donors (Lipinski definition) is 4. The molecule has 2 aromatic carbocycles. The second kappa shape index (κ2) is 15.9. The van der Waals surface area contributed by atoms with Crippen LogP contribution in [0.25, 0.3) is 11.1 Å². The van der Waals surface area contributed by atoms with Gasteiger partial charge in [0.15, 0.2) is 11.6 Å². The number of nitrogens with one attached hydrogen (secondary N) is 2. The van der Waals surface area contributed by atoms with E-state index >= 15 is 0 Å². The van der Waals surface area contributed by atoms with Crippen LogP contribution >= 0.6 is 0 Å². The fraction of sp³-hybridized carbons (Fsp3) is 0.357. The maximum atomic E-state index is 13.9. The number of rotatable bonds is 7. The van der Waals surface area contributed by atoms with E-state index in [1.54, 1.807) is 18.3 Å². The first-order chi connectivity index (χ1) is 21.3. The van der Waals surface area contributed by atoms with Crippen molar-refractivity contribution in [3.8, 4) is 22.6 Å². The number of fused-ring (bicyclic) bond motifs is 1. The quantitative estimate of drug-likeness (QED) is 0.257. The lowest BCUT2D eigenvalue weighted by atomic mass is 9.95. The van der Waals surface area contributed by atoms with Crippen LogP contribution in [0.5, 0.6) is 11.5 Å². The maximum Gasteiger partial charge on any atom is 0.490 e. The number of likely N-dealkylation sites (N-methyl/N-ethyl adjacent to an activating group) is 1. The first-order valence-electron chi connectivity index (χ1n) is 13.0. The summed E-state index contributed by atoms with van der Waals surface area (Å²) in [4.78, 5) is 32.8. The van der Waals surface area contributed by atoms with Crippen LogP contribution in [0.15, 0.2) is 42.6 Å². The first-order valence-corrected chi connectivity index (χ1v) is 13.0. The summed E-state index contributed by atoms with van der Waals surface area (Å²) >= 11 is 0. The number of benzene rings is 2. The van der Waals surface area contributed by atoms with Gasteiger partial charge in [-0.1, -0.05) is 18.2 Å². The second-order valence-electron chi connectivity index (χ2n) is 9.81. The summed E-state index contributed by atoms with van der Waals surface area (Å²) in [6.07, 6.45) is -7.98. The molecule has 0 aliphatic carbocycles. The number of anilines is 1. The van der Waals surface area contributed by atoms with Gasteiger partial charge in [0, 0.05) is 17.8 Å². The summed E-state index contributed by atoms with van der Waals surface area (Å²) in [7, 11) is 3.95. The predicted octanol–water partition coefficient (Wildman–Crippen LogP) is 4.92. The van der Waals surface area contributed by atoms with Crippen molar-refractivity contribution in [1.82, 2.24) is 15.1 Å². The van der Waals surface area contributed by atoms with Crippen molar-refractivity contribution in [3.63, 3.8) is 0 Å². The van der Waals surface area contributed by atoms with Crippen LogP contribution < -0.4 is 14.8 Å². The zero-order valence-electron chi connectivity index (χ0n) is 24.4. The number of amides is 1. The van der Waals surface area contributed by atoms with Crippen molar-refractivity contribution < 1.29 is 64.8 Å². The smallest absolute Gasteiger partial charge is 0.490 e. The van der Waals surface area contributed by atoms with E-state index in [1.807, 2.05) is 44.1 Å². The molecule has 11 nitrogen and oxygen atoms in total. The molecule has 1 atom stereocenters. The van der Waals surface area contributed by atoms with Gasteiger partial charge in [-0.2, -0.15) is 31.4 Å². The Morgan fingerprint density at radius 2 is 1.67 bits per heavy atom. The number of halogens is 7. The number of aliphatic carboxylic acids is 2. The van der Waals surface area contributed by atoms with Crippen LogP contribution in [0.2, 0.25) is 0 Å². The molecule has 1 aliphatic heterocycles. The van der Waals surface area contributed by atoms with Crippen molar-refractivity contribution in [2.75, 3.05) is 39.2 Å². The van der Waals surface area contributed by atoms with E-state index in [0.717, 1.165) is 23.4 Å². The summed E-state index contributed by atoms with van der Waals surface area (Å²) in [5.74, 6) is -5.70. The van der Waals surface area contributed by atoms with Gasteiger partial charge in [0.1, 0.15) is 19.0 Å². The Labute approximate surface area is 256 Å². The number of hydrogen-bond acceptors (Lipinski definition) is 7. The zero-order valence-corrected chi connectivity index (χ0v) is 24.4. The van der Waals surface area contributed by atoms with Crippen LogP contribution in [-0.4, -0.2) is 89.4 Å². The topological polar surface area (TPSA) is 154 Å².